The van der Waals surface area contributed by atoms with Crippen LogP contribution < -0.4 is 5.32 Å². The summed E-state index contributed by atoms with van der Waals surface area (Å²) in [6.45, 7) is 8.60. The Morgan fingerprint density at radius 3 is 2.92 bits per heavy atom. The first-order chi connectivity index (χ1) is 5.79. The summed E-state index contributed by atoms with van der Waals surface area (Å²) in [7, 11) is 0. The zero-order valence-corrected chi connectivity index (χ0v) is 8.31. The van der Waals surface area contributed by atoms with Crippen molar-refractivity contribution < 1.29 is 4.74 Å². The van der Waals surface area contributed by atoms with E-state index in [4.69, 9.17) is 4.74 Å². The number of hydrogen-bond donors (Lipinski definition) is 1. The molecule has 0 aliphatic carbocycles. The average Bonchev–Trinajstić information content (AvgIpc) is 2.05. The predicted octanol–water partition coefficient (Wildman–Crippen LogP) is 1.66. The van der Waals surface area contributed by atoms with Gasteiger partial charge in [0.1, 0.15) is 0 Å². The van der Waals surface area contributed by atoms with Gasteiger partial charge in [0.2, 0.25) is 0 Å². The summed E-state index contributed by atoms with van der Waals surface area (Å²) in [5.41, 5.74) is 0. The van der Waals surface area contributed by atoms with Crippen molar-refractivity contribution in [2.24, 2.45) is 11.8 Å². The second-order valence-electron chi connectivity index (χ2n) is 4.14. The van der Waals surface area contributed by atoms with Crippen molar-refractivity contribution in [1.29, 1.82) is 0 Å². The van der Waals surface area contributed by atoms with Gasteiger partial charge in [-0.2, -0.15) is 0 Å². The van der Waals surface area contributed by atoms with Gasteiger partial charge in [0.25, 0.3) is 0 Å². The standard InChI is InChI=1S/C10H21NO/c1-9(2)7-12-8-10-4-3-5-11-6-10/h9-11H,3-8H2,1-2H3/t10-/m0/s1. The van der Waals surface area contributed by atoms with E-state index in [0.717, 1.165) is 25.7 Å². The molecule has 0 aromatic rings. The minimum absolute atomic E-state index is 0.668. The predicted molar refractivity (Wildman–Crippen MR) is 51.3 cm³/mol. The lowest BCUT2D eigenvalue weighted by atomic mass is 10.0. The first-order valence-electron chi connectivity index (χ1n) is 5.07. The normalized spacial score (nSPS) is 24.8. The van der Waals surface area contributed by atoms with E-state index < -0.39 is 0 Å². The number of rotatable bonds is 4. The fourth-order valence-corrected chi connectivity index (χ4v) is 1.54. The smallest absolute Gasteiger partial charge is 0.0506 e. The quantitative estimate of drug-likeness (QED) is 0.694. The third-order valence-corrected chi connectivity index (χ3v) is 2.20. The Morgan fingerprint density at radius 2 is 2.33 bits per heavy atom. The molecule has 1 aliphatic heterocycles. The highest BCUT2D eigenvalue weighted by Crippen LogP contribution is 2.10. The maximum Gasteiger partial charge on any atom is 0.0506 e. The first-order valence-corrected chi connectivity index (χ1v) is 5.07. The van der Waals surface area contributed by atoms with Crippen molar-refractivity contribution in [3.8, 4) is 0 Å². The number of piperidine rings is 1. The average molecular weight is 171 g/mol. The van der Waals surface area contributed by atoms with Crippen molar-refractivity contribution in [2.75, 3.05) is 26.3 Å². The molecule has 1 atom stereocenters. The van der Waals surface area contributed by atoms with Gasteiger partial charge in [-0.1, -0.05) is 13.8 Å². The second kappa shape index (κ2) is 5.55. The SMILES string of the molecule is CC(C)COC[C@H]1CCCNC1. The Bertz CT molecular complexity index is 108. The third kappa shape index (κ3) is 4.07. The van der Waals surface area contributed by atoms with Crippen LogP contribution in [-0.2, 0) is 4.74 Å². The highest BCUT2D eigenvalue weighted by molar-refractivity contribution is 4.68. The lowest BCUT2D eigenvalue weighted by molar-refractivity contribution is 0.0718. The van der Waals surface area contributed by atoms with E-state index in [0.29, 0.717) is 5.92 Å². The van der Waals surface area contributed by atoms with Gasteiger partial charge in [-0.15, -0.1) is 0 Å². The van der Waals surface area contributed by atoms with Gasteiger partial charge in [0.05, 0.1) is 6.61 Å². The molecule has 0 aromatic heterocycles. The molecule has 12 heavy (non-hydrogen) atoms. The van der Waals surface area contributed by atoms with Gasteiger partial charge < -0.3 is 10.1 Å². The molecular weight excluding hydrogens is 150 g/mol. The molecule has 0 spiro atoms. The van der Waals surface area contributed by atoms with Gasteiger partial charge in [0, 0.05) is 13.2 Å². The van der Waals surface area contributed by atoms with E-state index in [-0.39, 0.29) is 0 Å². The van der Waals surface area contributed by atoms with Crippen LogP contribution in [-0.4, -0.2) is 26.3 Å². The van der Waals surface area contributed by atoms with E-state index in [1.807, 2.05) is 0 Å². The van der Waals surface area contributed by atoms with Gasteiger partial charge in [0.15, 0.2) is 0 Å². The molecule has 72 valence electrons. The molecule has 2 nitrogen and oxygen atoms in total. The van der Waals surface area contributed by atoms with Crippen molar-refractivity contribution >= 4 is 0 Å². The van der Waals surface area contributed by atoms with Crippen molar-refractivity contribution in [1.82, 2.24) is 5.32 Å². The highest BCUT2D eigenvalue weighted by atomic mass is 16.5. The summed E-state index contributed by atoms with van der Waals surface area (Å²) >= 11 is 0. The zero-order chi connectivity index (χ0) is 8.81. The van der Waals surface area contributed by atoms with Crippen molar-refractivity contribution in [3.63, 3.8) is 0 Å². The van der Waals surface area contributed by atoms with Crippen LogP contribution in [0.25, 0.3) is 0 Å². The molecule has 0 aromatic carbocycles. The monoisotopic (exact) mass is 171 g/mol. The summed E-state index contributed by atoms with van der Waals surface area (Å²) < 4.78 is 5.59. The highest BCUT2D eigenvalue weighted by Gasteiger charge is 2.12. The first kappa shape index (κ1) is 10.0. The molecule has 1 rings (SSSR count). The Hall–Kier alpha value is -0.0800. The molecule has 0 bridgehead atoms. The Balaban J connectivity index is 1.98. The third-order valence-electron chi connectivity index (χ3n) is 2.20. The van der Waals surface area contributed by atoms with Gasteiger partial charge in [-0.25, -0.2) is 0 Å². The lowest BCUT2D eigenvalue weighted by Gasteiger charge is -2.22. The number of ether oxygens (including phenoxy) is 1. The molecule has 0 unspecified atom stereocenters. The van der Waals surface area contributed by atoms with E-state index in [1.165, 1.54) is 19.4 Å². The minimum atomic E-state index is 0.668. The van der Waals surface area contributed by atoms with Gasteiger partial charge >= 0.3 is 0 Å². The Labute approximate surface area is 75.7 Å². The molecule has 1 aliphatic rings. The van der Waals surface area contributed by atoms with Crippen LogP contribution in [0.5, 0.6) is 0 Å². The molecule has 1 fully saturated rings. The van der Waals surface area contributed by atoms with Crippen LogP contribution in [0.4, 0.5) is 0 Å². The molecule has 1 N–H and O–H groups in total. The van der Waals surface area contributed by atoms with Crippen LogP contribution in [0.1, 0.15) is 26.7 Å². The maximum absolute atomic E-state index is 5.59. The fraction of sp³-hybridized carbons (Fsp3) is 1.00. The molecule has 1 heterocycles. The Kier molecular flexibility index (Phi) is 4.62. The van der Waals surface area contributed by atoms with Gasteiger partial charge in [-0.05, 0) is 31.2 Å². The fourth-order valence-electron chi connectivity index (χ4n) is 1.54. The molecule has 0 saturated carbocycles. The van der Waals surface area contributed by atoms with E-state index >= 15 is 0 Å². The zero-order valence-electron chi connectivity index (χ0n) is 8.31. The van der Waals surface area contributed by atoms with Crippen LogP contribution in [0.15, 0.2) is 0 Å². The van der Waals surface area contributed by atoms with Crippen molar-refractivity contribution in [2.45, 2.75) is 26.7 Å². The largest absolute Gasteiger partial charge is 0.381 e. The van der Waals surface area contributed by atoms with Crippen LogP contribution in [0.2, 0.25) is 0 Å². The summed E-state index contributed by atoms with van der Waals surface area (Å²) in [5.74, 6) is 1.43. The second-order valence-corrected chi connectivity index (χ2v) is 4.14. The maximum atomic E-state index is 5.59. The van der Waals surface area contributed by atoms with Crippen LogP contribution in [0.3, 0.4) is 0 Å². The van der Waals surface area contributed by atoms with Crippen molar-refractivity contribution in [3.05, 3.63) is 0 Å². The summed E-state index contributed by atoms with van der Waals surface area (Å²) in [5, 5.41) is 3.39. The van der Waals surface area contributed by atoms with Crippen LogP contribution in [0, 0.1) is 11.8 Å². The molecule has 1 saturated heterocycles. The number of hydrogen-bond acceptors (Lipinski definition) is 2. The lowest BCUT2D eigenvalue weighted by Crippen LogP contribution is -2.32. The van der Waals surface area contributed by atoms with E-state index in [9.17, 15) is 0 Å². The summed E-state index contributed by atoms with van der Waals surface area (Å²) in [6, 6.07) is 0. The van der Waals surface area contributed by atoms with Crippen LogP contribution >= 0.6 is 0 Å². The summed E-state index contributed by atoms with van der Waals surface area (Å²) in [6.07, 6.45) is 2.65. The molecule has 2 heteroatoms. The molecule has 0 radical (unpaired) electrons. The van der Waals surface area contributed by atoms with E-state index in [2.05, 4.69) is 19.2 Å². The Morgan fingerprint density at radius 1 is 1.50 bits per heavy atom. The minimum Gasteiger partial charge on any atom is -0.381 e. The van der Waals surface area contributed by atoms with E-state index in [1.54, 1.807) is 0 Å². The topological polar surface area (TPSA) is 21.3 Å². The molecule has 0 amide bonds. The van der Waals surface area contributed by atoms with Gasteiger partial charge in [-0.3, -0.25) is 0 Å². The molecular formula is C10H21NO. The summed E-state index contributed by atoms with van der Waals surface area (Å²) in [4.78, 5) is 0. The number of nitrogens with one attached hydrogen (secondary N) is 1.